The van der Waals surface area contributed by atoms with Gasteiger partial charge < -0.3 is 20.1 Å². The third-order valence-corrected chi connectivity index (χ3v) is 6.13. The Balaban J connectivity index is 1.53. The van der Waals surface area contributed by atoms with Crippen LogP contribution >= 0.6 is 0 Å². The second-order valence-electron chi connectivity index (χ2n) is 8.83. The molecule has 0 aliphatic heterocycles. The number of nitrogens with one attached hydrogen (secondary N) is 2. The lowest BCUT2D eigenvalue weighted by molar-refractivity contribution is -0.147. The molecule has 1 fully saturated rings. The molecule has 182 valence electrons. The van der Waals surface area contributed by atoms with Gasteiger partial charge in [0.25, 0.3) is 0 Å². The first-order chi connectivity index (χ1) is 16.5. The summed E-state index contributed by atoms with van der Waals surface area (Å²) in [5.74, 6) is -0.283. The Morgan fingerprint density at radius 1 is 0.882 bits per heavy atom. The minimum absolute atomic E-state index is 0.0819. The van der Waals surface area contributed by atoms with Gasteiger partial charge in [-0.15, -0.1) is 0 Å². The number of hydrogen-bond donors (Lipinski definition) is 2. The summed E-state index contributed by atoms with van der Waals surface area (Å²) in [6.07, 6.45) is 3.88. The average molecular weight is 467 g/mol. The van der Waals surface area contributed by atoms with Gasteiger partial charge in [0.2, 0.25) is 5.91 Å². The summed E-state index contributed by atoms with van der Waals surface area (Å²) in [7, 11) is 0. The fraction of sp³-hybridized carbons (Fsp3) is 0.444. The van der Waals surface area contributed by atoms with Crippen LogP contribution in [0.1, 0.15) is 56.6 Å². The van der Waals surface area contributed by atoms with E-state index < -0.39 is 18.1 Å². The Hall–Kier alpha value is -3.35. The molecule has 2 N–H and O–H groups in total. The lowest BCUT2D eigenvalue weighted by Gasteiger charge is -2.29. The molecule has 0 heterocycles. The molecule has 0 aromatic heterocycles. The van der Waals surface area contributed by atoms with Crippen LogP contribution in [0.2, 0.25) is 0 Å². The summed E-state index contributed by atoms with van der Waals surface area (Å²) in [4.78, 5) is 37.7. The molecule has 1 aliphatic rings. The number of ether oxygens (including phenoxy) is 2. The van der Waals surface area contributed by atoms with Gasteiger partial charge in [0, 0.05) is 12.5 Å². The highest BCUT2D eigenvalue weighted by Gasteiger charge is 2.26. The van der Waals surface area contributed by atoms with Crippen molar-refractivity contribution in [3.63, 3.8) is 0 Å². The van der Waals surface area contributed by atoms with E-state index in [1.807, 2.05) is 60.7 Å². The first kappa shape index (κ1) is 25.3. The minimum Gasteiger partial charge on any atom is -0.459 e. The van der Waals surface area contributed by atoms with Crippen molar-refractivity contribution in [3.05, 3.63) is 71.8 Å². The van der Waals surface area contributed by atoms with Gasteiger partial charge >= 0.3 is 12.1 Å². The van der Waals surface area contributed by atoms with E-state index in [-0.39, 0.29) is 38.0 Å². The van der Waals surface area contributed by atoms with Crippen LogP contribution in [0.3, 0.4) is 0 Å². The number of rotatable bonds is 10. The first-order valence-electron chi connectivity index (χ1n) is 12.0. The topological polar surface area (TPSA) is 93.7 Å². The second-order valence-corrected chi connectivity index (χ2v) is 8.83. The molecule has 1 aliphatic carbocycles. The molecule has 3 atom stereocenters. The zero-order chi connectivity index (χ0) is 24.2. The number of hydrogen-bond acceptors (Lipinski definition) is 5. The summed E-state index contributed by atoms with van der Waals surface area (Å²) in [5.41, 5.74) is 1.67. The van der Waals surface area contributed by atoms with Crippen LogP contribution in [-0.4, -0.2) is 30.1 Å². The Morgan fingerprint density at radius 2 is 1.47 bits per heavy atom. The van der Waals surface area contributed by atoms with E-state index >= 15 is 0 Å². The molecular weight excluding hydrogens is 432 g/mol. The highest BCUT2D eigenvalue weighted by molar-refractivity contribution is 5.83. The minimum atomic E-state index is -0.985. The maximum Gasteiger partial charge on any atom is 0.408 e. The Kier molecular flexibility index (Phi) is 9.95. The molecule has 7 heteroatoms. The second kappa shape index (κ2) is 13.4. The average Bonchev–Trinajstić information content (AvgIpc) is 2.86. The van der Waals surface area contributed by atoms with Gasteiger partial charge in [-0.3, -0.25) is 4.79 Å². The van der Waals surface area contributed by atoms with E-state index in [1.54, 1.807) is 0 Å². The molecule has 1 saturated carbocycles. The zero-order valence-electron chi connectivity index (χ0n) is 19.7. The van der Waals surface area contributed by atoms with E-state index in [4.69, 9.17) is 9.47 Å². The van der Waals surface area contributed by atoms with Crippen molar-refractivity contribution in [2.75, 3.05) is 0 Å². The molecule has 0 saturated heterocycles. The van der Waals surface area contributed by atoms with Crippen LogP contribution in [-0.2, 0) is 32.3 Å². The van der Waals surface area contributed by atoms with Gasteiger partial charge in [-0.2, -0.15) is 0 Å². The zero-order valence-corrected chi connectivity index (χ0v) is 19.7. The van der Waals surface area contributed by atoms with Crippen molar-refractivity contribution < 1.29 is 23.9 Å². The van der Waals surface area contributed by atoms with Crippen LogP contribution < -0.4 is 10.6 Å². The van der Waals surface area contributed by atoms with Crippen molar-refractivity contribution in [2.45, 2.75) is 70.7 Å². The molecular formula is C27H34N2O5. The van der Waals surface area contributed by atoms with Crippen LogP contribution in [0.4, 0.5) is 4.79 Å². The number of carbonyl (C=O) groups excluding carboxylic acids is 3. The smallest absolute Gasteiger partial charge is 0.408 e. The van der Waals surface area contributed by atoms with Crippen LogP contribution in [0.5, 0.6) is 0 Å². The van der Waals surface area contributed by atoms with Crippen molar-refractivity contribution in [3.8, 4) is 0 Å². The summed E-state index contributed by atoms with van der Waals surface area (Å²) in [6.45, 7) is 2.32. The molecule has 34 heavy (non-hydrogen) atoms. The number of benzene rings is 2. The number of amides is 2. The van der Waals surface area contributed by atoms with Crippen molar-refractivity contribution in [2.24, 2.45) is 5.92 Å². The Bertz CT molecular complexity index is 919. The first-order valence-corrected chi connectivity index (χ1v) is 12.0. The molecule has 7 nitrogen and oxygen atoms in total. The maximum atomic E-state index is 12.8. The van der Waals surface area contributed by atoms with Gasteiger partial charge in [-0.05, 0) is 36.3 Å². The number of esters is 1. The van der Waals surface area contributed by atoms with E-state index in [2.05, 4.69) is 17.6 Å². The van der Waals surface area contributed by atoms with E-state index in [1.165, 1.54) is 6.42 Å². The van der Waals surface area contributed by atoms with E-state index in [0.717, 1.165) is 30.4 Å². The summed E-state index contributed by atoms with van der Waals surface area (Å²) >= 11 is 0. The van der Waals surface area contributed by atoms with Crippen molar-refractivity contribution >= 4 is 18.0 Å². The molecule has 3 rings (SSSR count). The highest BCUT2D eigenvalue weighted by Crippen LogP contribution is 2.23. The van der Waals surface area contributed by atoms with Gasteiger partial charge in [-0.25, -0.2) is 9.59 Å². The van der Waals surface area contributed by atoms with Crippen molar-refractivity contribution in [1.82, 2.24) is 10.6 Å². The summed E-state index contributed by atoms with van der Waals surface area (Å²) < 4.78 is 10.7. The van der Waals surface area contributed by atoms with Crippen molar-refractivity contribution in [1.29, 1.82) is 0 Å². The van der Waals surface area contributed by atoms with Gasteiger partial charge in [0.15, 0.2) is 0 Å². The number of alkyl carbamates (subject to hydrolysis) is 1. The predicted octanol–water partition coefficient (Wildman–Crippen LogP) is 4.50. The molecule has 0 unspecified atom stereocenters. The SMILES string of the molecule is C[C@@H]1CCCC[C@H]1NC(=O)CC[C@H](NC(=O)OCc1ccccc1)C(=O)OCc1ccccc1. The maximum absolute atomic E-state index is 12.8. The van der Waals surface area contributed by atoms with Gasteiger partial charge in [0.1, 0.15) is 19.3 Å². The predicted molar refractivity (Wildman–Crippen MR) is 129 cm³/mol. The molecule has 0 radical (unpaired) electrons. The third-order valence-electron chi connectivity index (χ3n) is 6.13. The third kappa shape index (κ3) is 8.54. The standard InChI is InChI=1S/C27H34N2O5/c1-20-10-8-9-15-23(20)28-25(30)17-16-24(26(31)33-18-21-11-4-2-5-12-21)29-27(32)34-19-22-13-6-3-7-14-22/h2-7,11-14,20,23-24H,8-10,15-19H2,1H3,(H,28,30)(H,29,32)/t20-,23-,24+/m1/s1. The molecule has 2 aromatic carbocycles. The highest BCUT2D eigenvalue weighted by atomic mass is 16.6. The Labute approximate surface area is 201 Å². The largest absolute Gasteiger partial charge is 0.459 e. The normalized spacial score (nSPS) is 18.4. The fourth-order valence-corrected chi connectivity index (χ4v) is 4.07. The molecule has 2 aromatic rings. The van der Waals surface area contributed by atoms with Crippen LogP contribution in [0.15, 0.2) is 60.7 Å². The lowest BCUT2D eigenvalue weighted by Crippen LogP contribution is -2.44. The lowest BCUT2D eigenvalue weighted by atomic mass is 9.86. The van der Waals surface area contributed by atoms with E-state index in [0.29, 0.717) is 5.92 Å². The fourth-order valence-electron chi connectivity index (χ4n) is 4.07. The summed E-state index contributed by atoms with van der Waals surface area (Å²) in [5, 5.41) is 5.66. The van der Waals surface area contributed by atoms with Crippen LogP contribution in [0.25, 0.3) is 0 Å². The van der Waals surface area contributed by atoms with Crippen LogP contribution in [0, 0.1) is 5.92 Å². The summed E-state index contributed by atoms with van der Waals surface area (Å²) in [6, 6.07) is 17.7. The molecule has 0 spiro atoms. The number of carbonyl (C=O) groups is 3. The molecule has 0 bridgehead atoms. The van der Waals surface area contributed by atoms with Gasteiger partial charge in [0.05, 0.1) is 0 Å². The molecule has 2 amide bonds. The Morgan fingerprint density at radius 3 is 2.09 bits per heavy atom. The quantitative estimate of drug-likeness (QED) is 0.503. The van der Waals surface area contributed by atoms with Gasteiger partial charge in [-0.1, -0.05) is 80.4 Å². The monoisotopic (exact) mass is 466 g/mol. The van der Waals surface area contributed by atoms with E-state index in [9.17, 15) is 14.4 Å².